The molecule has 0 bridgehead atoms. The molecule has 8 nitrogen and oxygen atoms in total. The summed E-state index contributed by atoms with van der Waals surface area (Å²) in [7, 11) is 0. The molecule has 0 radical (unpaired) electrons. The Hall–Kier alpha value is -3.33. The number of esters is 1. The molecule has 0 unspecified atom stereocenters. The number of amides is 2. The minimum absolute atomic E-state index is 0.151. The molecule has 1 N–H and O–H groups in total. The number of nitrogens with one attached hydrogen (secondary N) is 1. The fourth-order valence-electron chi connectivity index (χ4n) is 3.29. The molecule has 1 aliphatic heterocycles. The maximum absolute atomic E-state index is 12.7. The molecule has 0 fully saturated rings. The van der Waals surface area contributed by atoms with E-state index in [1.807, 2.05) is 0 Å². The second-order valence-electron chi connectivity index (χ2n) is 6.64. The average Bonchev–Trinajstić information content (AvgIpc) is 3.32. The van der Waals surface area contributed by atoms with Crippen molar-refractivity contribution in [1.29, 1.82) is 0 Å². The Kier molecular flexibility index (Phi) is 4.98. The van der Waals surface area contributed by atoms with Crippen LogP contribution in [0, 0.1) is 6.92 Å². The van der Waals surface area contributed by atoms with Crippen LogP contribution in [0.2, 0.25) is 0 Å². The third-order valence-electron chi connectivity index (χ3n) is 4.72. The number of fused-ring (bicyclic) bond motifs is 2. The first-order valence-electron chi connectivity index (χ1n) is 9.05. The number of rotatable bonds is 4. The highest BCUT2D eigenvalue weighted by Gasteiger charge is 2.24. The zero-order valence-electron chi connectivity index (χ0n) is 15.6. The van der Waals surface area contributed by atoms with E-state index < -0.39 is 24.4 Å². The molecular formula is C20H17N3O5S. The number of carbonyl (C=O) groups excluding carboxylic acids is 3. The molecule has 0 spiro atoms. The molecule has 1 aromatic carbocycles. The number of thiophene rings is 1. The van der Waals surface area contributed by atoms with Gasteiger partial charge < -0.3 is 4.74 Å². The van der Waals surface area contributed by atoms with Gasteiger partial charge in [0.1, 0.15) is 15.5 Å². The van der Waals surface area contributed by atoms with Gasteiger partial charge in [-0.1, -0.05) is 18.2 Å². The van der Waals surface area contributed by atoms with Gasteiger partial charge in [0.2, 0.25) is 0 Å². The maximum atomic E-state index is 12.7. The molecule has 1 aliphatic rings. The molecule has 0 aliphatic carbocycles. The lowest BCUT2D eigenvalue weighted by atomic mass is 10.2. The van der Waals surface area contributed by atoms with Crippen LogP contribution in [0.15, 0.2) is 35.1 Å². The van der Waals surface area contributed by atoms with Crippen molar-refractivity contribution in [2.45, 2.75) is 26.3 Å². The number of imide groups is 1. The van der Waals surface area contributed by atoms with Crippen molar-refractivity contribution in [3.63, 3.8) is 0 Å². The minimum atomic E-state index is -0.733. The molecule has 2 aromatic heterocycles. The van der Waals surface area contributed by atoms with Crippen LogP contribution in [0.1, 0.15) is 37.8 Å². The summed E-state index contributed by atoms with van der Waals surface area (Å²) < 4.78 is 6.69. The van der Waals surface area contributed by atoms with Crippen LogP contribution in [0.4, 0.5) is 0 Å². The Bertz CT molecular complexity index is 1200. The predicted octanol–water partition coefficient (Wildman–Crippen LogP) is 1.83. The number of aryl methyl sites for hydroxylation is 2. The van der Waals surface area contributed by atoms with Gasteiger partial charge in [-0.2, -0.15) is 0 Å². The lowest BCUT2D eigenvalue weighted by molar-refractivity contribution is -0.123. The molecule has 148 valence electrons. The highest BCUT2D eigenvalue weighted by molar-refractivity contribution is 7.20. The Labute approximate surface area is 169 Å². The van der Waals surface area contributed by atoms with Crippen molar-refractivity contribution in [3.8, 4) is 0 Å². The number of nitrogens with zero attached hydrogens (tertiary/aromatic N) is 2. The molecule has 9 heteroatoms. The van der Waals surface area contributed by atoms with Crippen molar-refractivity contribution in [2.24, 2.45) is 0 Å². The minimum Gasteiger partial charge on any atom is -0.451 e. The fourth-order valence-corrected chi connectivity index (χ4v) is 4.38. The highest BCUT2D eigenvalue weighted by Crippen LogP contribution is 2.29. The third-order valence-corrected chi connectivity index (χ3v) is 5.89. The van der Waals surface area contributed by atoms with E-state index in [2.05, 4.69) is 10.3 Å². The van der Waals surface area contributed by atoms with E-state index in [0.717, 1.165) is 30.0 Å². The number of carbonyl (C=O) groups is 3. The number of ether oxygens (including phenoxy) is 1. The molecule has 3 heterocycles. The summed E-state index contributed by atoms with van der Waals surface area (Å²) in [5.74, 6) is -1.31. The SMILES string of the molecule is Cc1c(C(=O)OCC(=O)NC(=O)c2ccccc2)sc2nc3n(c(=O)c12)CCC3. The van der Waals surface area contributed by atoms with Crippen molar-refractivity contribution in [2.75, 3.05) is 6.61 Å². The third kappa shape index (κ3) is 3.56. The number of hydrogen-bond acceptors (Lipinski definition) is 7. The smallest absolute Gasteiger partial charge is 0.349 e. The van der Waals surface area contributed by atoms with E-state index in [1.165, 1.54) is 0 Å². The Morgan fingerprint density at radius 3 is 2.76 bits per heavy atom. The molecule has 0 saturated carbocycles. The van der Waals surface area contributed by atoms with Crippen molar-refractivity contribution in [3.05, 3.63) is 62.5 Å². The monoisotopic (exact) mass is 411 g/mol. The van der Waals surface area contributed by atoms with Gasteiger partial charge in [-0.15, -0.1) is 11.3 Å². The van der Waals surface area contributed by atoms with Gasteiger partial charge in [-0.25, -0.2) is 9.78 Å². The molecule has 29 heavy (non-hydrogen) atoms. The van der Waals surface area contributed by atoms with Crippen molar-refractivity contribution < 1.29 is 19.1 Å². The van der Waals surface area contributed by atoms with Gasteiger partial charge in [-0.3, -0.25) is 24.3 Å². The van der Waals surface area contributed by atoms with Crippen LogP contribution in [0.5, 0.6) is 0 Å². The van der Waals surface area contributed by atoms with Crippen LogP contribution >= 0.6 is 11.3 Å². The number of benzene rings is 1. The summed E-state index contributed by atoms with van der Waals surface area (Å²) in [6.45, 7) is 1.69. The van der Waals surface area contributed by atoms with Crippen LogP contribution in [0.25, 0.3) is 10.2 Å². The average molecular weight is 411 g/mol. The van der Waals surface area contributed by atoms with E-state index in [4.69, 9.17) is 4.74 Å². The summed E-state index contributed by atoms with van der Waals surface area (Å²) in [6.07, 6.45) is 1.61. The Morgan fingerprint density at radius 2 is 2.00 bits per heavy atom. The first kappa shape index (κ1) is 19.0. The van der Waals surface area contributed by atoms with Crippen molar-refractivity contribution in [1.82, 2.24) is 14.9 Å². The van der Waals surface area contributed by atoms with Gasteiger partial charge in [0, 0.05) is 18.5 Å². The standard InChI is InChI=1S/C20H17N3O5S/c1-11-15-18(21-13-8-5-9-23(13)19(15)26)29-16(11)20(27)28-10-14(24)22-17(25)12-6-3-2-4-7-12/h2-4,6-7H,5,8-10H2,1H3,(H,22,24,25). The topological polar surface area (TPSA) is 107 Å². The van der Waals surface area contributed by atoms with Gasteiger partial charge in [0.15, 0.2) is 6.61 Å². The van der Waals surface area contributed by atoms with Crippen LogP contribution in [-0.4, -0.2) is 33.9 Å². The molecular weight excluding hydrogens is 394 g/mol. The lowest BCUT2D eigenvalue weighted by Crippen LogP contribution is -2.34. The number of hydrogen-bond donors (Lipinski definition) is 1. The van der Waals surface area contributed by atoms with E-state index in [9.17, 15) is 19.2 Å². The Morgan fingerprint density at radius 1 is 1.24 bits per heavy atom. The molecule has 3 aromatic rings. The van der Waals surface area contributed by atoms with Crippen LogP contribution < -0.4 is 10.9 Å². The second kappa shape index (κ2) is 7.59. The van der Waals surface area contributed by atoms with Crippen molar-refractivity contribution >= 4 is 39.3 Å². The van der Waals surface area contributed by atoms with Crippen LogP contribution in [0.3, 0.4) is 0 Å². The number of aromatic nitrogens is 2. The van der Waals surface area contributed by atoms with Gasteiger partial charge in [0.05, 0.1) is 5.39 Å². The van der Waals surface area contributed by atoms with Crippen LogP contribution in [-0.2, 0) is 22.5 Å². The molecule has 2 amide bonds. The fraction of sp³-hybridized carbons (Fsp3) is 0.250. The zero-order valence-corrected chi connectivity index (χ0v) is 16.4. The molecule has 0 atom stereocenters. The summed E-state index contributed by atoms with van der Waals surface area (Å²) in [4.78, 5) is 54.2. The second-order valence-corrected chi connectivity index (χ2v) is 7.64. The zero-order chi connectivity index (χ0) is 20.5. The quantitative estimate of drug-likeness (QED) is 0.657. The summed E-state index contributed by atoms with van der Waals surface area (Å²) in [5.41, 5.74) is 0.670. The van der Waals surface area contributed by atoms with Gasteiger partial charge in [-0.05, 0) is 31.0 Å². The predicted molar refractivity (Wildman–Crippen MR) is 106 cm³/mol. The first-order chi connectivity index (χ1) is 14.0. The van der Waals surface area contributed by atoms with E-state index in [-0.39, 0.29) is 10.4 Å². The van der Waals surface area contributed by atoms with E-state index in [0.29, 0.717) is 27.9 Å². The summed E-state index contributed by atoms with van der Waals surface area (Å²) in [5, 5.41) is 2.58. The summed E-state index contributed by atoms with van der Waals surface area (Å²) in [6, 6.07) is 8.24. The van der Waals surface area contributed by atoms with Gasteiger partial charge in [0.25, 0.3) is 17.4 Å². The first-order valence-corrected chi connectivity index (χ1v) is 9.86. The Balaban J connectivity index is 1.46. The summed E-state index contributed by atoms with van der Waals surface area (Å²) >= 11 is 1.08. The molecule has 4 rings (SSSR count). The normalized spacial score (nSPS) is 12.6. The maximum Gasteiger partial charge on any atom is 0.349 e. The van der Waals surface area contributed by atoms with Gasteiger partial charge >= 0.3 is 5.97 Å². The lowest BCUT2D eigenvalue weighted by Gasteiger charge is -2.05. The van der Waals surface area contributed by atoms with E-state index >= 15 is 0 Å². The highest BCUT2D eigenvalue weighted by atomic mass is 32.1. The molecule has 0 saturated heterocycles. The largest absolute Gasteiger partial charge is 0.451 e. The van der Waals surface area contributed by atoms with E-state index in [1.54, 1.807) is 41.8 Å².